The van der Waals surface area contributed by atoms with E-state index in [0.717, 1.165) is 19.6 Å². The van der Waals surface area contributed by atoms with Crippen molar-refractivity contribution in [2.75, 3.05) is 19.6 Å². The van der Waals surface area contributed by atoms with Crippen LogP contribution in [-0.4, -0.2) is 36.7 Å². The number of esters is 1. The molecule has 110 valence electrons. The summed E-state index contributed by atoms with van der Waals surface area (Å²) in [5.74, 6) is -0.149. The van der Waals surface area contributed by atoms with E-state index in [1.54, 1.807) is 0 Å². The van der Waals surface area contributed by atoms with Gasteiger partial charge in [-0.1, -0.05) is 30.3 Å². The molecular weight excluding hydrogens is 252 g/mol. The fraction of sp³-hybridized carbons (Fsp3) is 0.562. The molecule has 1 aliphatic rings. The Labute approximate surface area is 121 Å². The van der Waals surface area contributed by atoms with E-state index in [4.69, 9.17) is 4.74 Å². The molecule has 1 saturated heterocycles. The van der Waals surface area contributed by atoms with Crippen molar-refractivity contribution in [3.05, 3.63) is 35.9 Å². The standard InChI is InChI=1S/C16H24N2O2/c1-16(2,3)15(19)20-14-11-17-9-10-18(14)12-13-7-5-4-6-8-13/h4-8,14,17H,9-12H2,1-3H3. The number of hydrogen-bond donors (Lipinski definition) is 1. The fourth-order valence-corrected chi connectivity index (χ4v) is 2.14. The third kappa shape index (κ3) is 4.05. The van der Waals surface area contributed by atoms with Crippen molar-refractivity contribution in [3.8, 4) is 0 Å². The zero-order valence-electron chi connectivity index (χ0n) is 12.6. The minimum Gasteiger partial charge on any atom is -0.445 e. The van der Waals surface area contributed by atoms with Crippen LogP contribution < -0.4 is 5.32 Å². The maximum Gasteiger partial charge on any atom is 0.312 e. The third-order valence-electron chi connectivity index (χ3n) is 3.39. The Kier molecular flexibility index (Phi) is 4.78. The first-order valence-corrected chi connectivity index (χ1v) is 7.16. The molecule has 1 atom stereocenters. The molecule has 2 rings (SSSR count). The van der Waals surface area contributed by atoms with Crippen LogP contribution in [0.2, 0.25) is 0 Å². The molecule has 1 aromatic carbocycles. The lowest BCUT2D eigenvalue weighted by molar-refractivity contribution is -0.171. The number of benzene rings is 1. The predicted molar refractivity (Wildman–Crippen MR) is 79.1 cm³/mol. The van der Waals surface area contributed by atoms with Gasteiger partial charge >= 0.3 is 5.97 Å². The molecule has 0 aromatic heterocycles. The SMILES string of the molecule is CC(C)(C)C(=O)OC1CNCCN1Cc1ccccc1. The Hall–Kier alpha value is -1.39. The number of carbonyl (C=O) groups excluding carboxylic acids is 1. The number of nitrogens with zero attached hydrogens (tertiary/aromatic N) is 1. The number of piperazine rings is 1. The van der Waals surface area contributed by atoms with Crippen molar-refractivity contribution in [1.82, 2.24) is 10.2 Å². The van der Waals surface area contributed by atoms with Gasteiger partial charge in [0.2, 0.25) is 0 Å². The van der Waals surface area contributed by atoms with E-state index in [1.807, 2.05) is 39.0 Å². The molecular formula is C16H24N2O2. The summed E-state index contributed by atoms with van der Waals surface area (Å²) < 4.78 is 5.67. The number of nitrogens with one attached hydrogen (secondary N) is 1. The summed E-state index contributed by atoms with van der Waals surface area (Å²) in [5.41, 5.74) is 0.779. The van der Waals surface area contributed by atoms with E-state index < -0.39 is 5.41 Å². The zero-order chi connectivity index (χ0) is 14.6. The molecule has 0 aliphatic carbocycles. The van der Waals surface area contributed by atoms with E-state index in [1.165, 1.54) is 5.56 Å². The number of carbonyl (C=O) groups is 1. The van der Waals surface area contributed by atoms with Crippen LogP contribution in [0.25, 0.3) is 0 Å². The molecule has 1 N–H and O–H groups in total. The van der Waals surface area contributed by atoms with Crippen LogP contribution >= 0.6 is 0 Å². The number of hydrogen-bond acceptors (Lipinski definition) is 4. The third-order valence-corrected chi connectivity index (χ3v) is 3.39. The van der Waals surface area contributed by atoms with E-state index in [9.17, 15) is 4.79 Å². The second kappa shape index (κ2) is 6.37. The van der Waals surface area contributed by atoms with E-state index >= 15 is 0 Å². The molecule has 1 fully saturated rings. The molecule has 1 heterocycles. The van der Waals surface area contributed by atoms with E-state index in [-0.39, 0.29) is 12.2 Å². The summed E-state index contributed by atoms with van der Waals surface area (Å²) in [6.45, 7) is 8.96. The van der Waals surface area contributed by atoms with Gasteiger partial charge in [0.1, 0.15) is 0 Å². The molecule has 0 bridgehead atoms. The molecule has 0 saturated carbocycles. The fourth-order valence-electron chi connectivity index (χ4n) is 2.14. The topological polar surface area (TPSA) is 41.6 Å². The molecule has 0 spiro atoms. The van der Waals surface area contributed by atoms with Crippen LogP contribution in [0.1, 0.15) is 26.3 Å². The highest BCUT2D eigenvalue weighted by molar-refractivity contribution is 5.75. The van der Waals surface area contributed by atoms with E-state index in [0.29, 0.717) is 6.54 Å². The van der Waals surface area contributed by atoms with Gasteiger partial charge in [0.15, 0.2) is 6.23 Å². The quantitative estimate of drug-likeness (QED) is 0.858. The first-order chi connectivity index (χ1) is 9.47. The van der Waals surface area contributed by atoms with Crippen LogP contribution in [0.4, 0.5) is 0 Å². The molecule has 0 radical (unpaired) electrons. The Morgan fingerprint density at radius 3 is 2.70 bits per heavy atom. The Morgan fingerprint density at radius 2 is 2.05 bits per heavy atom. The number of ether oxygens (including phenoxy) is 1. The lowest BCUT2D eigenvalue weighted by atomic mass is 9.97. The van der Waals surface area contributed by atoms with E-state index in [2.05, 4.69) is 22.3 Å². The van der Waals surface area contributed by atoms with Crippen LogP contribution in [-0.2, 0) is 16.1 Å². The Balaban J connectivity index is 2.00. The van der Waals surface area contributed by atoms with Gasteiger partial charge in [-0.3, -0.25) is 9.69 Å². The van der Waals surface area contributed by atoms with Gasteiger partial charge in [0.05, 0.1) is 5.41 Å². The first-order valence-electron chi connectivity index (χ1n) is 7.16. The highest BCUT2D eigenvalue weighted by Gasteiger charge is 2.30. The summed E-state index contributed by atoms with van der Waals surface area (Å²) in [6.07, 6.45) is -0.185. The van der Waals surface area contributed by atoms with Crippen molar-refractivity contribution in [1.29, 1.82) is 0 Å². The normalized spacial score (nSPS) is 20.6. The van der Waals surface area contributed by atoms with Crippen molar-refractivity contribution in [2.24, 2.45) is 5.41 Å². The summed E-state index contributed by atoms with van der Waals surface area (Å²) >= 11 is 0. The zero-order valence-corrected chi connectivity index (χ0v) is 12.6. The second-order valence-corrected chi connectivity index (χ2v) is 6.27. The van der Waals surface area contributed by atoms with Gasteiger partial charge in [-0.15, -0.1) is 0 Å². The molecule has 1 aromatic rings. The van der Waals surface area contributed by atoms with Gasteiger partial charge in [-0.2, -0.15) is 0 Å². The largest absolute Gasteiger partial charge is 0.445 e. The molecule has 4 heteroatoms. The predicted octanol–water partition coefficient (Wildman–Crippen LogP) is 2.01. The van der Waals surface area contributed by atoms with Crippen LogP contribution in [0.15, 0.2) is 30.3 Å². The highest BCUT2D eigenvalue weighted by atomic mass is 16.6. The highest BCUT2D eigenvalue weighted by Crippen LogP contribution is 2.19. The summed E-state index contributed by atoms with van der Waals surface area (Å²) in [6, 6.07) is 10.3. The maximum atomic E-state index is 12.1. The van der Waals surface area contributed by atoms with Gasteiger partial charge in [-0.05, 0) is 26.3 Å². The minimum absolute atomic E-state index is 0.149. The van der Waals surface area contributed by atoms with Crippen molar-refractivity contribution < 1.29 is 9.53 Å². The first kappa shape index (κ1) is 15.0. The lowest BCUT2D eigenvalue weighted by Gasteiger charge is -2.36. The number of rotatable bonds is 3. The molecule has 20 heavy (non-hydrogen) atoms. The van der Waals surface area contributed by atoms with Crippen molar-refractivity contribution >= 4 is 5.97 Å². The van der Waals surface area contributed by atoms with Crippen molar-refractivity contribution in [2.45, 2.75) is 33.5 Å². The van der Waals surface area contributed by atoms with Crippen LogP contribution in [0.3, 0.4) is 0 Å². The van der Waals surface area contributed by atoms with Crippen molar-refractivity contribution in [3.63, 3.8) is 0 Å². The molecule has 1 unspecified atom stereocenters. The monoisotopic (exact) mass is 276 g/mol. The van der Waals surface area contributed by atoms with Crippen LogP contribution in [0, 0.1) is 5.41 Å². The average molecular weight is 276 g/mol. The van der Waals surface area contributed by atoms with Gasteiger partial charge < -0.3 is 10.1 Å². The van der Waals surface area contributed by atoms with Crippen LogP contribution in [0.5, 0.6) is 0 Å². The molecule has 4 nitrogen and oxygen atoms in total. The Bertz CT molecular complexity index is 440. The summed E-state index contributed by atoms with van der Waals surface area (Å²) in [4.78, 5) is 14.3. The Morgan fingerprint density at radius 1 is 1.35 bits per heavy atom. The minimum atomic E-state index is -0.462. The van der Waals surface area contributed by atoms with Gasteiger partial charge in [0.25, 0.3) is 0 Å². The second-order valence-electron chi connectivity index (χ2n) is 6.27. The molecule has 0 amide bonds. The van der Waals surface area contributed by atoms with Gasteiger partial charge in [0, 0.05) is 26.2 Å². The molecule has 1 aliphatic heterocycles. The maximum absolute atomic E-state index is 12.1. The van der Waals surface area contributed by atoms with Gasteiger partial charge in [-0.25, -0.2) is 0 Å². The summed E-state index contributed by atoms with van der Waals surface area (Å²) in [7, 11) is 0. The summed E-state index contributed by atoms with van der Waals surface area (Å²) in [5, 5.41) is 3.29. The smallest absolute Gasteiger partial charge is 0.312 e. The lowest BCUT2D eigenvalue weighted by Crippen LogP contribution is -2.53. The average Bonchev–Trinajstić information content (AvgIpc) is 2.41.